The van der Waals surface area contributed by atoms with Crippen LogP contribution in [0, 0.1) is 9.49 Å². The monoisotopic (exact) mass is 382 g/mol. The first-order valence-electron chi connectivity index (χ1n) is 5.60. The van der Waals surface area contributed by atoms with Crippen molar-refractivity contribution in [3.05, 3.63) is 27.8 Å². The maximum Gasteiger partial charge on any atom is 0.257 e. The van der Waals surface area contributed by atoms with Crippen LogP contribution in [0.2, 0.25) is 0 Å². The van der Waals surface area contributed by atoms with Crippen LogP contribution in [0.3, 0.4) is 0 Å². The average molecular weight is 383 g/mol. The molecule has 0 unspecified atom stereocenters. The second-order valence-electron chi connectivity index (χ2n) is 4.07. The molecule has 1 aromatic rings. The Kier molecular flexibility index (Phi) is 6.73. The number of halogens is 2. The molecule has 1 heterocycles. The maximum atomic E-state index is 11.5. The van der Waals surface area contributed by atoms with Crippen molar-refractivity contribution in [2.24, 2.45) is 5.92 Å². The van der Waals surface area contributed by atoms with E-state index in [0.29, 0.717) is 5.92 Å². The molecule has 0 saturated carbocycles. The lowest BCUT2D eigenvalue weighted by Gasteiger charge is -2.27. The lowest BCUT2D eigenvalue weighted by Crippen LogP contribution is -2.48. The molecule has 6 heteroatoms. The molecule has 18 heavy (non-hydrogen) atoms. The molecule has 2 rings (SSSR count). The molecular formula is C12H16ClIN2O2. The Bertz CT molecular complexity index is 382. The first-order valence-corrected chi connectivity index (χ1v) is 6.67. The molecule has 1 aromatic carbocycles. The Balaban J connectivity index is 0.00000162. The van der Waals surface area contributed by atoms with Crippen LogP contribution in [-0.4, -0.2) is 32.1 Å². The van der Waals surface area contributed by atoms with Crippen LogP contribution in [0.5, 0.6) is 5.75 Å². The van der Waals surface area contributed by atoms with E-state index >= 15 is 0 Å². The maximum absolute atomic E-state index is 11.5. The zero-order valence-electron chi connectivity index (χ0n) is 9.82. The van der Waals surface area contributed by atoms with E-state index in [-0.39, 0.29) is 24.9 Å². The predicted molar refractivity (Wildman–Crippen MR) is 81.3 cm³/mol. The summed E-state index contributed by atoms with van der Waals surface area (Å²) in [5.41, 5.74) is 0. The highest BCUT2D eigenvalue weighted by molar-refractivity contribution is 14.1. The molecule has 4 nitrogen and oxygen atoms in total. The Hall–Kier alpha value is -0.530. The molecule has 0 aromatic heterocycles. The number of nitrogens with one attached hydrogen (secondary N) is 2. The van der Waals surface area contributed by atoms with Gasteiger partial charge in [0.2, 0.25) is 0 Å². The van der Waals surface area contributed by atoms with E-state index in [1.807, 2.05) is 24.3 Å². The molecule has 1 amide bonds. The Morgan fingerprint density at radius 1 is 1.39 bits per heavy atom. The molecule has 1 saturated heterocycles. The van der Waals surface area contributed by atoms with Gasteiger partial charge in [0.15, 0.2) is 6.61 Å². The molecule has 100 valence electrons. The molecule has 2 N–H and O–H groups in total. The van der Waals surface area contributed by atoms with Crippen LogP contribution in [-0.2, 0) is 4.79 Å². The van der Waals surface area contributed by atoms with Crippen LogP contribution in [0.15, 0.2) is 24.3 Å². The molecule has 0 spiro atoms. The van der Waals surface area contributed by atoms with Crippen molar-refractivity contribution in [3.63, 3.8) is 0 Å². The summed E-state index contributed by atoms with van der Waals surface area (Å²) in [5, 5.41) is 6.03. The second-order valence-corrected chi connectivity index (χ2v) is 5.32. The Morgan fingerprint density at radius 2 is 2.06 bits per heavy atom. The van der Waals surface area contributed by atoms with E-state index < -0.39 is 0 Å². The van der Waals surface area contributed by atoms with Gasteiger partial charge < -0.3 is 15.4 Å². The van der Waals surface area contributed by atoms with Crippen molar-refractivity contribution in [2.45, 2.75) is 0 Å². The number of amides is 1. The van der Waals surface area contributed by atoms with Crippen LogP contribution in [0.1, 0.15) is 0 Å². The zero-order chi connectivity index (χ0) is 12.1. The topological polar surface area (TPSA) is 50.4 Å². The molecule has 0 aliphatic carbocycles. The van der Waals surface area contributed by atoms with Gasteiger partial charge in [0.25, 0.3) is 5.91 Å². The van der Waals surface area contributed by atoms with Crippen LogP contribution in [0.25, 0.3) is 0 Å². The Labute approximate surface area is 126 Å². The zero-order valence-corrected chi connectivity index (χ0v) is 12.8. The first kappa shape index (κ1) is 15.5. The average Bonchev–Trinajstić information content (AvgIpc) is 2.26. The third-order valence-corrected chi connectivity index (χ3v) is 3.36. The lowest BCUT2D eigenvalue weighted by atomic mass is 10.0. The molecule has 0 radical (unpaired) electrons. The van der Waals surface area contributed by atoms with E-state index in [0.717, 1.165) is 29.0 Å². The van der Waals surface area contributed by atoms with Gasteiger partial charge >= 0.3 is 0 Å². The highest BCUT2D eigenvalue weighted by Crippen LogP contribution is 2.13. The van der Waals surface area contributed by atoms with Gasteiger partial charge in [-0.15, -0.1) is 12.4 Å². The van der Waals surface area contributed by atoms with E-state index in [4.69, 9.17) is 4.74 Å². The summed E-state index contributed by atoms with van der Waals surface area (Å²) in [6.07, 6.45) is 0. The van der Waals surface area contributed by atoms with Crippen molar-refractivity contribution in [2.75, 3.05) is 26.2 Å². The molecule has 0 bridgehead atoms. The van der Waals surface area contributed by atoms with E-state index in [1.54, 1.807) is 0 Å². The summed E-state index contributed by atoms with van der Waals surface area (Å²) in [5.74, 6) is 1.25. The third-order valence-electron chi connectivity index (χ3n) is 2.64. The summed E-state index contributed by atoms with van der Waals surface area (Å²) in [6, 6.07) is 7.64. The fourth-order valence-corrected chi connectivity index (χ4v) is 1.84. The van der Waals surface area contributed by atoms with E-state index in [1.165, 1.54) is 0 Å². The van der Waals surface area contributed by atoms with Gasteiger partial charge in [-0.05, 0) is 46.9 Å². The minimum atomic E-state index is -0.0598. The van der Waals surface area contributed by atoms with Crippen LogP contribution < -0.4 is 15.4 Å². The summed E-state index contributed by atoms with van der Waals surface area (Å²) in [6.45, 7) is 2.82. The number of carbonyl (C=O) groups is 1. The van der Waals surface area contributed by atoms with Crippen LogP contribution >= 0.6 is 35.0 Å². The number of hydrogen-bond donors (Lipinski definition) is 2. The number of benzene rings is 1. The van der Waals surface area contributed by atoms with Gasteiger partial charge in [-0.1, -0.05) is 0 Å². The minimum Gasteiger partial charge on any atom is -0.484 e. The summed E-state index contributed by atoms with van der Waals surface area (Å²) in [7, 11) is 0. The lowest BCUT2D eigenvalue weighted by molar-refractivity contribution is -0.123. The largest absolute Gasteiger partial charge is 0.484 e. The fourth-order valence-electron chi connectivity index (χ4n) is 1.48. The van der Waals surface area contributed by atoms with E-state index in [9.17, 15) is 4.79 Å². The third kappa shape index (κ3) is 4.99. The Morgan fingerprint density at radius 3 is 2.61 bits per heavy atom. The molecule has 1 fully saturated rings. The standard InChI is InChI=1S/C12H15IN2O2.ClH/c13-10-1-3-11(4-2-10)17-8-12(16)15-7-9-5-14-6-9;/h1-4,9,14H,5-8H2,(H,15,16);1H. The van der Waals surface area contributed by atoms with Gasteiger partial charge in [0, 0.05) is 29.1 Å². The van der Waals surface area contributed by atoms with Gasteiger partial charge in [-0.3, -0.25) is 4.79 Å². The smallest absolute Gasteiger partial charge is 0.257 e. The van der Waals surface area contributed by atoms with Gasteiger partial charge in [0.1, 0.15) is 5.75 Å². The summed E-state index contributed by atoms with van der Waals surface area (Å²) >= 11 is 2.23. The number of rotatable bonds is 5. The van der Waals surface area contributed by atoms with Gasteiger partial charge in [-0.2, -0.15) is 0 Å². The normalized spacial score (nSPS) is 14.3. The van der Waals surface area contributed by atoms with Crippen molar-refractivity contribution in [1.29, 1.82) is 0 Å². The number of ether oxygens (including phenoxy) is 1. The molecule has 1 aliphatic rings. The first-order chi connectivity index (χ1) is 8.24. The molecular weight excluding hydrogens is 367 g/mol. The SMILES string of the molecule is Cl.O=C(COc1ccc(I)cc1)NCC1CNC1. The highest BCUT2D eigenvalue weighted by Gasteiger charge is 2.17. The summed E-state index contributed by atoms with van der Waals surface area (Å²) in [4.78, 5) is 11.5. The van der Waals surface area contributed by atoms with Crippen molar-refractivity contribution < 1.29 is 9.53 Å². The number of hydrogen-bond acceptors (Lipinski definition) is 3. The molecule has 1 aliphatic heterocycles. The minimum absolute atomic E-state index is 0. The molecule has 0 atom stereocenters. The fraction of sp³-hybridized carbons (Fsp3) is 0.417. The predicted octanol–water partition coefficient (Wildman–Crippen LogP) is 1.43. The van der Waals surface area contributed by atoms with Crippen LogP contribution in [0.4, 0.5) is 0 Å². The van der Waals surface area contributed by atoms with Gasteiger partial charge in [0.05, 0.1) is 0 Å². The van der Waals surface area contributed by atoms with Crippen molar-refractivity contribution >= 4 is 40.9 Å². The van der Waals surface area contributed by atoms with Crippen molar-refractivity contribution in [1.82, 2.24) is 10.6 Å². The second kappa shape index (κ2) is 7.81. The van der Waals surface area contributed by atoms with Crippen molar-refractivity contribution in [3.8, 4) is 5.75 Å². The summed E-state index contributed by atoms with van der Waals surface area (Å²) < 4.78 is 6.53. The highest BCUT2D eigenvalue weighted by atomic mass is 127. The number of carbonyl (C=O) groups excluding carboxylic acids is 1. The van der Waals surface area contributed by atoms with E-state index in [2.05, 4.69) is 33.2 Å². The quantitative estimate of drug-likeness (QED) is 0.758. The van der Waals surface area contributed by atoms with Gasteiger partial charge in [-0.25, -0.2) is 0 Å².